The fourth-order valence-corrected chi connectivity index (χ4v) is 2.07. The number of carbonyl (C=O) groups excluding carboxylic acids is 2. The number of hydrogen-bond acceptors (Lipinski definition) is 4. The molecule has 2 rings (SSSR count). The fourth-order valence-electron chi connectivity index (χ4n) is 2.07. The monoisotopic (exact) mass is 289 g/mol. The molecular formula is C16H19NO4. The van der Waals surface area contributed by atoms with Gasteiger partial charge in [-0.25, -0.2) is 9.69 Å². The number of imide groups is 1. The van der Waals surface area contributed by atoms with Crippen molar-refractivity contribution in [3.63, 3.8) is 0 Å². The molecule has 0 unspecified atom stereocenters. The minimum absolute atomic E-state index is 0.0917. The van der Waals surface area contributed by atoms with Crippen molar-refractivity contribution in [3.05, 3.63) is 41.7 Å². The number of benzene rings is 1. The van der Waals surface area contributed by atoms with E-state index in [1.807, 2.05) is 30.3 Å². The lowest BCUT2D eigenvalue weighted by atomic mass is 10.1. The van der Waals surface area contributed by atoms with Crippen molar-refractivity contribution in [2.45, 2.75) is 26.4 Å². The largest absolute Gasteiger partial charge is 0.498 e. The van der Waals surface area contributed by atoms with E-state index in [9.17, 15) is 9.59 Å². The van der Waals surface area contributed by atoms with E-state index < -0.39 is 17.6 Å². The Bertz CT molecular complexity index is 584. The Morgan fingerprint density at radius 3 is 2.33 bits per heavy atom. The highest BCUT2D eigenvalue weighted by atomic mass is 16.6. The molecule has 1 aromatic carbocycles. The van der Waals surface area contributed by atoms with Gasteiger partial charge in [-0.1, -0.05) is 30.3 Å². The number of carbonyl (C=O) groups is 2. The van der Waals surface area contributed by atoms with Gasteiger partial charge in [-0.2, -0.15) is 0 Å². The van der Waals surface area contributed by atoms with Crippen molar-refractivity contribution in [3.8, 4) is 0 Å². The summed E-state index contributed by atoms with van der Waals surface area (Å²) in [5.41, 5.74) is 0.481. The third-order valence-corrected chi connectivity index (χ3v) is 2.96. The topological polar surface area (TPSA) is 55.8 Å². The van der Waals surface area contributed by atoms with Crippen molar-refractivity contribution in [1.29, 1.82) is 0 Å². The molecule has 5 heteroatoms. The molecule has 0 fully saturated rings. The molecule has 0 spiro atoms. The minimum Gasteiger partial charge on any atom is -0.498 e. The predicted octanol–water partition coefficient (Wildman–Crippen LogP) is 2.82. The maximum absolute atomic E-state index is 12.5. The fraction of sp³-hybridized carbons (Fsp3) is 0.375. The average Bonchev–Trinajstić information content (AvgIpc) is 2.75. The first-order chi connectivity index (χ1) is 9.83. The van der Waals surface area contributed by atoms with Crippen LogP contribution in [0.2, 0.25) is 0 Å². The summed E-state index contributed by atoms with van der Waals surface area (Å²) in [5, 5.41) is 0. The number of rotatable bonds is 2. The molecule has 0 atom stereocenters. The summed E-state index contributed by atoms with van der Waals surface area (Å²) in [6, 6.07) is 9.15. The second-order valence-corrected chi connectivity index (χ2v) is 5.74. The van der Waals surface area contributed by atoms with Crippen molar-refractivity contribution in [1.82, 2.24) is 4.90 Å². The van der Waals surface area contributed by atoms with Gasteiger partial charge in [0.05, 0.1) is 19.2 Å². The molecule has 0 aliphatic carbocycles. The van der Waals surface area contributed by atoms with Crippen LogP contribution in [0.4, 0.5) is 4.79 Å². The van der Waals surface area contributed by atoms with Gasteiger partial charge in [0.15, 0.2) is 0 Å². The van der Waals surface area contributed by atoms with Crippen LogP contribution >= 0.6 is 0 Å². The van der Waals surface area contributed by atoms with Gasteiger partial charge >= 0.3 is 6.09 Å². The van der Waals surface area contributed by atoms with E-state index in [2.05, 4.69) is 0 Å². The van der Waals surface area contributed by atoms with Gasteiger partial charge in [0.1, 0.15) is 11.4 Å². The molecule has 2 amide bonds. The molecule has 0 saturated carbocycles. The van der Waals surface area contributed by atoms with Gasteiger partial charge in [-0.15, -0.1) is 0 Å². The number of hydrogen-bond donors (Lipinski definition) is 0. The SMILES string of the molecule is COC1=C(c2ccccc2)C(=O)N(C(=O)OC(C)(C)C)C1. The second kappa shape index (κ2) is 5.60. The molecule has 21 heavy (non-hydrogen) atoms. The summed E-state index contributed by atoms with van der Waals surface area (Å²) in [4.78, 5) is 25.7. The Balaban J connectivity index is 2.27. The van der Waals surface area contributed by atoms with Gasteiger partial charge in [-0.05, 0) is 26.3 Å². The average molecular weight is 289 g/mol. The van der Waals surface area contributed by atoms with E-state index in [4.69, 9.17) is 9.47 Å². The summed E-state index contributed by atoms with van der Waals surface area (Å²) >= 11 is 0. The Morgan fingerprint density at radius 2 is 1.81 bits per heavy atom. The maximum atomic E-state index is 12.5. The van der Waals surface area contributed by atoms with Crippen LogP contribution in [-0.2, 0) is 14.3 Å². The maximum Gasteiger partial charge on any atom is 0.417 e. The number of ether oxygens (including phenoxy) is 2. The van der Waals surface area contributed by atoms with Crippen LogP contribution in [0.15, 0.2) is 36.1 Å². The van der Waals surface area contributed by atoms with E-state index in [0.29, 0.717) is 11.3 Å². The zero-order valence-electron chi connectivity index (χ0n) is 12.7. The second-order valence-electron chi connectivity index (χ2n) is 5.74. The highest BCUT2D eigenvalue weighted by molar-refractivity contribution is 6.25. The third kappa shape index (κ3) is 3.24. The normalized spacial score (nSPS) is 15.4. The zero-order chi connectivity index (χ0) is 15.6. The lowest BCUT2D eigenvalue weighted by molar-refractivity contribution is -0.123. The molecular weight excluding hydrogens is 270 g/mol. The van der Waals surface area contributed by atoms with Crippen LogP contribution in [0.1, 0.15) is 26.3 Å². The summed E-state index contributed by atoms with van der Waals surface area (Å²) < 4.78 is 10.5. The van der Waals surface area contributed by atoms with Crippen LogP contribution in [0.5, 0.6) is 0 Å². The highest BCUT2D eigenvalue weighted by Crippen LogP contribution is 2.29. The summed E-state index contributed by atoms with van der Waals surface area (Å²) in [5.74, 6) is 0.0735. The van der Waals surface area contributed by atoms with Gasteiger partial charge < -0.3 is 9.47 Å². The first-order valence-corrected chi connectivity index (χ1v) is 6.71. The lowest BCUT2D eigenvalue weighted by Gasteiger charge is -2.23. The first kappa shape index (κ1) is 15.1. The van der Waals surface area contributed by atoms with Crippen LogP contribution in [0.25, 0.3) is 5.57 Å². The highest BCUT2D eigenvalue weighted by Gasteiger charge is 2.38. The van der Waals surface area contributed by atoms with Crippen LogP contribution in [0.3, 0.4) is 0 Å². The van der Waals surface area contributed by atoms with Crippen LogP contribution in [-0.4, -0.2) is 36.2 Å². The van der Waals surface area contributed by atoms with Crippen molar-refractivity contribution < 1.29 is 19.1 Å². The molecule has 0 bridgehead atoms. The van der Waals surface area contributed by atoms with E-state index >= 15 is 0 Å². The summed E-state index contributed by atoms with van der Waals surface area (Å²) in [6.45, 7) is 5.37. The van der Waals surface area contributed by atoms with Gasteiger partial charge in [0.2, 0.25) is 0 Å². The zero-order valence-corrected chi connectivity index (χ0v) is 12.7. The molecule has 5 nitrogen and oxygen atoms in total. The lowest BCUT2D eigenvalue weighted by Crippen LogP contribution is -2.38. The van der Waals surface area contributed by atoms with Gasteiger partial charge in [0, 0.05) is 0 Å². The Hall–Kier alpha value is -2.30. The molecule has 0 radical (unpaired) electrons. The summed E-state index contributed by atoms with van der Waals surface area (Å²) in [7, 11) is 1.49. The molecule has 0 aromatic heterocycles. The van der Waals surface area contributed by atoms with Gasteiger partial charge in [0.25, 0.3) is 5.91 Å². The first-order valence-electron chi connectivity index (χ1n) is 6.71. The predicted molar refractivity (Wildman–Crippen MR) is 78.3 cm³/mol. The van der Waals surface area contributed by atoms with E-state index in [1.165, 1.54) is 7.11 Å². The summed E-state index contributed by atoms with van der Waals surface area (Å²) in [6.07, 6.45) is -0.659. The smallest absolute Gasteiger partial charge is 0.417 e. The third-order valence-electron chi connectivity index (χ3n) is 2.96. The Kier molecular flexibility index (Phi) is 4.02. The minimum atomic E-state index is -0.659. The standard InChI is InChI=1S/C16H19NO4/c1-16(2,3)21-15(19)17-10-12(20-4)13(14(17)18)11-8-6-5-7-9-11/h5-9H,10H2,1-4H3. The molecule has 1 aromatic rings. The van der Waals surface area contributed by atoms with Crippen molar-refractivity contribution in [2.75, 3.05) is 13.7 Å². The Morgan fingerprint density at radius 1 is 1.19 bits per heavy atom. The molecule has 0 saturated heterocycles. The van der Waals surface area contributed by atoms with Crippen LogP contribution < -0.4 is 0 Å². The quantitative estimate of drug-likeness (QED) is 0.840. The van der Waals surface area contributed by atoms with Crippen molar-refractivity contribution >= 4 is 17.6 Å². The van der Waals surface area contributed by atoms with E-state index in [0.717, 1.165) is 10.5 Å². The molecule has 112 valence electrons. The number of nitrogens with zero attached hydrogens (tertiary/aromatic N) is 1. The molecule has 1 aliphatic heterocycles. The number of amides is 2. The van der Waals surface area contributed by atoms with E-state index in [-0.39, 0.29) is 6.54 Å². The van der Waals surface area contributed by atoms with Crippen molar-refractivity contribution in [2.24, 2.45) is 0 Å². The molecule has 1 aliphatic rings. The number of methoxy groups -OCH3 is 1. The Labute approximate surface area is 124 Å². The van der Waals surface area contributed by atoms with E-state index in [1.54, 1.807) is 20.8 Å². The van der Waals surface area contributed by atoms with Crippen LogP contribution in [0, 0.1) is 0 Å². The molecule has 1 heterocycles. The van der Waals surface area contributed by atoms with Gasteiger partial charge in [-0.3, -0.25) is 4.79 Å². The molecule has 0 N–H and O–H groups in total.